The van der Waals surface area contributed by atoms with Gasteiger partial charge in [-0.3, -0.25) is 0 Å². The lowest BCUT2D eigenvalue weighted by atomic mass is 10.0. The Kier molecular flexibility index (Phi) is 5.64. The van der Waals surface area contributed by atoms with E-state index in [2.05, 4.69) is 28.8 Å². The van der Waals surface area contributed by atoms with Gasteiger partial charge in [0.15, 0.2) is 5.11 Å². The zero-order valence-corrected chi connectivity index (χ0v) is 14.9. The fourth-order valence-electron chi connectivity index (χ4n) is 2.47. The van der Waals surface area contributed by atoms with Crippen LogP contribution in [0.5, 0.6) is 0 Å². The molecule has 5 heteroatoms. The molecule has 25 heavy (non-hydrogen) atoms. The van der Waals surface area contributed by atoms with Gasteiger partial charge in [-0.2, -0.15) is 0 Å². The van der Waals surface area contributed by atoms with Gasteiger partial charge >= 0.3 is 0 Å². The molecule has 3 aromatic carbocycles. The van der Waals surface area contributed by atoms with Gasteiger partial charge in [-0.1, -0.05) is 60.1 Å². The number of benzene rings is 3. The fourth-order valence-corrected chi connectivity index (χ4v) is 2.82. The van der Waals surface area contributed by atoms with Crippen LogP contribution in [-0.4, -0.2) is 5.11 Å². The molecular formula is C20H16ClFN2S. The molecule has 0 heterocycles. The third-order valence-corrected chi connectivity index (χ3v) is 4.19. The van der Waals surface area contributed by atoms with Gasteiger partial charge in [-0.25, -0.2) is 4.39 Å². The minimum atomic E-state index is -0.487. The normalized spacial score (nSPS) is 10.3. The number of thiocarbonyl (C=S) groups is 1. The number of hydrogen-bond acceptors (Lipinski definition) is 1. The van der Waals surface area contributed by atoms with Crippen LogP contribution in [0.3, 0.4) is 0 Å². The monoisotopic (exact) mass is 370 g/mol. The Balaban J connectivity index is 1.72. The topological polar surface area (TPSA) is 24.1 Å². The summed E-state index contributed by atoms with van der Waals surface area (Å²) >= 11 is 11.0. The summed E-state index contributed by atoms with van der Waals surface area (Å²) in [5, 5.41) is 6.62. The van der Waals surface area contributed by atoms with E-state index in [0.717, 1.165) is 17.7 Å². The van der Waals surface area contributed by atoms with Crippen LogP contribution in [0, 0.1) is 5.82 Å². The lowest BCUT2D eigenvalue weighted by Gasteiger charge is -2.14. The van der Waals surface area contributed by atoms with Crippen LogP contribution < -0.4 is 10.6 Å². The minimum absolute atomic E-state index is 0.0811. The molecule has 0 saturated heterocycles. The third kappa shape index (κ3) is 4.78. The molecule has 126 valence electrons. The van der Waals surface area contributed by atoms with Gasteiger partial charge in [0.25, 0.3) is 0 Å². The Morgan fingerprint density at radius 3 is 2.40 bits per heavy atom. The van der Waals surface area contributed by atoms with E-state index in [1.165, 1.54) is 17.7 Å². The van der Waals surface area contributed by atoms with Gasteiger partial charge in [0, 0.05) is 11.4 Å². The fraction of sp³-hybridized carbons (Fsp3) is 0.0500. The van der Waals surface area contributed by atoms with Crippen molar-refractivity contribution in [3.63, 3.8) is 0 Å². The molecule has 0 saturated carbocycles. The molecule has 0 aliphatic carbocycles. The summed E-state index contributed by atoms with van der Waals surface area (Å²) in [5.41, 5.74) is 3.80. The molecule has 0 aliphatic heterocycles. The Morgan fingerprint density at radius 1 is 0.920 bits per heavy atom. The summed E-state index contributed by atoms with van der Waals surface area (Å²) in [7, 11) is 0. The zero-order chi connectivity index (χ0) is 17.6. The quantitative estimate of drug-likeness (QED) is 0.561. The maximum Gasteiger partial charge on any atom is 0.175 e. The van der Waals surface area contributed by atoms with Gasteiger partial charge in [0.2, 0.25) is 0 Å². The Labute approximate surface area is 156 Å². The molecule has 3 rings (SSSR count). The number of para-hydroxylation sites is 1. The molecule has 0 fully saturated rings. The molecule has 0 atom stereocenters. The van der Waals surface area contributed by atoms with Crippen molar-refractivity contribution in [3.8, 4) is 0 Å². The first-order valence-electron chi connectivity index (χ1n) is 7.77. The Bertz CT molecular complexity index is 884. The van der Waals surface area contributed by atoms with Gasteiger partial charge in [-0.15, -0.1) is 0 Å². The predicted octanol–water partition coefficient (Wildman–Crippen LogP) is 5.88. The molecule has 3 aromatic rings. The van der Waals surface area contributed by atoms with Gasteiger partial charge in [-0.05, 0) is 54.0 Å². The van der Waals surface area contributed by atoms with Crippen LogP contribution in [0.4, 0.5) is 15.8 Å². The number of nitrogens with one attached hydrogen (secondary N) is 2. The minimum Gasteiger partial charge on any atom is -0.332 e. The van der Waals surface area contributed by atoms with E-state index in [4.69, 9.17) is 23.8 Å². The molecule has 0 unspecified atom stereocenters. The van der Waals surface area contributed by atoms with Crippen LogP contribution in [0.25, 0.3) is 0 Å². The van der Waals surface area contributed by atoms with E-state index >= 15 is 0 Å². The number of hydrogen-bond donors (Lipinski definition) is 2. The molecule has 2 nitrogen and oxygen atoms in total. The molecule has 0 radical (unpaired) electrons. The first-order valence-corrected chi connectivity index (χ1v) is 8.55. The highest BCUT2D eigenvalue weighted by molar-refractivity contribution is 7.80. The lowest BCUT2D eigenvalue weighted by molar-refractivity contribution is 0.629. The molecular weight excluding hydrogens is 355 g/mol. The van der Waals surface area contributed by atoms with E-state index < -0.39 is 5.82 Å². The highest BCUT2D eigenvalue weighted by Gasteiger charge is 2.07. The summed E-state index contributed by atoms with van der Waals surface area (Å²) in [6, 6.07) is 22.7. The van der Waals surface area contributed by atoms with E-state index in [9.17, 15) is 4.39 Å². The second-order valence-electron chi connectivity index (χ2n) is 5.53. The van der Waals surface area contributed by atoms with Gasteiger partial charge in [0.1, 0.15) is 5.82 Å². The van der Waals surface area contributed by atoms with Crippen molar-refractivity contribution in [1.29, 1.82) is 0 Å². The van der Waals surface area contributed by atoms with Crippen molar-refractivity contribution in [1.82, 2.24) is 0 Å². The smallest absolute Gasteiger partial charge is 0.175 e. The summed E-state index contributed by atoms with van der Waals surface area (Å²) in [6.45, 7) is 0. The van der Waals surface area contributed by atoms with Crippen molar-refractivity contribution in [2.75, 3.05) is 10.6 Å². The first kappa shape index (κ1) is 17.4. The highest BCUT2D eigenvalue weighted by Crippen LogP contribution is 2.21. The average molecular weight is 371 g/mol. The largest absolute Gasteiger partial charge is 0.332 e. The van der Waals surface area contributed by atoms with Crippen LogP contribution in [0.15, 0.2) is 72.8 Å². The Hall–Kier alpha value is -2.43. The molecule has 0 spiro atoms. The first-order chi connectivity index (χ1) is 12.1. The van der Waals surface area contributed by atoms with Crippen molar-refractivity contribution in [2.24, 2.45) is 0 Å². The maximum atomic E-state index is 13.5. The Morgan fingerprint density at radius 2 is 1.64 bits per heavy atom. The van der Waals surface area contributed by atoms with Gasteiger partial charge < -0.3 is 10.6 Å². The maximum absolute atomic E-state index is 13.5. The molecule has 0 bridgehead atoms. The standard InChI is InChI=1S/C20H16ClFN2S/c21-17-11-10-16(13-18(17)22)23-20(25)24-19-9-5-4-8-15(19)12-14-6-2-1-3-7-14/h1-11,13H,12H2,(H2,23,24,25). The number of rotatable bonds is 4. The molecule has 2 N–H and O–H groups in total. The molecule has 0 amide bonds. The summed E-state index contributed by atoms with van der Waals surface area (Å²) < 4.78 is 13.5. The van der Waals surface area contributed by atoms with Crippen LogP contribution >= 0.6 is 23.8 Å². The summed E-state index contributed by atoms with van der Waals surface area (Å²) in [4.78, 5) is 0. The second kappa shape index (κ2) is 8.10. The second-order valence-corrected chi connectivity index (χ2v) is 6.34. The van der Waals surface area contributed by atoms with Crippen LogP contribution in [0.1, 0.15) is 11.1 Å². The number of anilines is 2. The average Bonchev–Trinajstić information content (AvgIpc) is 2.61. The predicted molar refractivity (Wildman–Crippen MR) is 107 cm³/mol. The lowest BCUT2D eigenvalue weighted by Crippen LogP contribution is -2.20. The van der Waals surface area contributed by atoms with Gasteiger partial charge in [0.05, 0.1) is 5.02 Å². The summed E-state index contributed by atoms with van der Waals surface area (Å²) in [6.07, 6.45) is 0.794. The van der Waals surface area contributed by atoms with E-state index in [1.807, 2.05) is 36.4 Å². The number of halogens is 2. The van der Waals surface area contributed by atoms with E-state index in [-0.39, 0.29) is 5.02 Å². The van der Waals surface area contributed by atoms with Crippen LogP contribution in [-0.2, 0) is 6.42 Å². The van der Waals surface area contributed by atoms with Crippen LogP contribution in [0.2, 0.25) is 5.02 Å². The van der Waals surface area contributed by atoms with E-state index in [1.54, 1.807) is 6.07 Å². The zero-order valence-electron chi connectivity index (χ0n) is 13.3. The van der Waals surface area contributed by atoms with E-state index in [0.29, 0.717) is 10.8 Å². The van der Waals surface area contributed by atoms with Crippen molar-refractivity contribution in [2.45, 2.75) is 6.42 Å². The van der Waals surface area contributed by atoms with Crippen molar-refractivity contribution in [3.05, 3.63) is 94.8 Å². The molecule has 0 aliphatic rings. The third-order valence-electron chi connectivity index (χ3n) is 3.68. The molecule has 0 aromatic heterocycles. The van der Waals surface area contributed by atoms with Crippen molar-refractivity contribution < 1.29 is 4.39 Å². The summed E-state index contributed by atoms with van der Waals surface area (Å²) in [5.74, 6) is -0.487. The van der Waals surface area contributed by atoms with Crippen molar-refractivity contribution >= 4 is 40.3 Å². The highest BCUT2D eigenvalue weighted by atomic mass is 35.5. The SMILES string of the molecule is Fc1cc(NC(=S)Nc2ccccc2Cc2ccccc2)ccc1Cl.